The highest BCUT2D eigenvalue weighted by Gasteiger charge is 2.27. The van der Waals surface area contributed by atoms with Gasteiger partial charge in [-0.1, -0.05) is 41.2 Å². The predicted molar refractivity (Wildman–Crippen MR) is 107 cm³/mol. The van der Waals surface area contributed by atoms with Gasteiger partial charge >= 0.3 is 0 Å². The maximum absolute atomic E-state index is 12.7. The molecule has 0 radical (unpaired) electrons. The molecular formula is C20H19N3O3S. The zero-order valence-corrected chi connectivity index (χ0v) is 15.7. The number of aryl methyl sites for hydroxylation is 1. The molecule has 1 aliphatic heterocycles. The van der Waals surface area contributed by atoms with Crippen molar-refractivity contribution >= 4 is 38.2 Å². The number of carbonyl (C=O) groups excluding carboxylic acids is 1. The van der Waals surface area contributed by atoms with Gasteiger partial charge in [-0.25, -0.2) is 4.98 Å². The number of rotatable bonds is 4. The average Bonchev–Trinajstić information content (AvgIpc) is 3.11. The summed E-state index contributed by atoms with van der Waals surface area (Å²) >= 11 is 1.47. The Bertz CT molecular complexity index is 1000. The Labute approximate surface area is 160 Å². The van der Waals surface area contributed by atoms with Crippen molar-refractivity contribution in [3.05, 3.63) is 63.7 Å². The third-order valence-corrected chi connectivity index (χ3v) is 6.12. The summed E-state index contributed by atoms with van der Waals surface area (Å²) in [7, 11) is 0. The lowest BCUT2D eigenvalue weighted by Gasteiger charge is -2.31. The first-order chi connectivity index (χ1) is 13.0. The van der Waals surface area contributed by atoms with E-state index in [9.17, 15) is 14.9 Å². The molecule has 0 amide bonds. The van der Waals surface area contributed by atoms with Crippen molar-refractivity contribution in [1.29, 1.82) is 0 Å². The van der Waals surface area contributed by atoms with Crippen LogP contribution in [0.4, 0.5) is 10.8 Å². The van der Waals surface area contributed by atoms with E-state index in [-0.39, 0.29) is 22.3 Å². The molecule has 0 spiro atoms. The summed E-state index contributed by atoms with van der Waals surface area (Å²) in [6.45, 7) is 3.55. The molecule has 1 saturated heterocycles. The third-order valence-electron chi connectivity index (χ3n) is 5.04. The fraction of sp³-hybridized carbons (Fsp3) is 0.300. The van der Waals surface area contributed by atoms with Crippen molar-refractivity contribution in [3.8, 4) is 0 Å². The lowest BCUT2D eigenvalue weighted by atomic mass is 9.89. The molecule has 138 valence electrons. The van der Waals surface area contributed by atoms with Crippen LogP contribution in [0.25, 0.3) is 10.2 Å². The third kappa shape index (κ3) is 3.55. The first-order valence-electron chi connectivity index (χ1n) is 8.92. The number of carbonyl (C=O) groups is 1. The summed E-state index contributed by atoms with van der Waals surface area (Å²) in [6.07, 6.45) is 1.59. The number of Topliss-reactive ketones (excluding diaryl/α,β-unsaturated/α-hetero) is 1. The first kappa shape index (κ1) is 17.6. The summed E-state index contributed by atoms with van der Waals surface area (Å²) in [5.74, 6) is 0.258. The molecule has 0 bridgehead atoms. The second-order valence-electron chi connectivity index (χ2n) is 6.90. The Hall–Kier alpha value is -2.80. The van der Waals surface area contributed by atoms with Gasteiger partial charge in [-0.15, -0.1) is 0 Å². The van der Waals surface area contributed by atoms with E-state index in [0.29, 0.717) is 0 Å². The number of benzene rings is 2. The van der Waals surface area contributed by atoms with Gasteiger partial charge in [0.05, 0.1) is 15.1 Å². The minimum Gasteiger partial charge on any atom is -0.348 e. The Morgan fingerprint density at radius 3 is 2.56 bits per heavy atom. The molecule has 27 heavy (non-hydrogen) atoms. The molecule has 1 aliphatic rings. The molecule has 1 aromatic heterocycles. The predicted octanol–water partition coefficient (Wildman–Crippen LogP) is 4.61. The Kier molecular flexibility index (Phi) is 4.61. The van der Waals surface area contributed by atoms with Crippen LogP contribution < -0.4 is 4.90 Å². The highest BCUT2D eigenvalue weighted by atomic mass is 32.1. The quantitative estimate of drug-likeness (QED) is 0.375. The van der Waals surface area contributed by atoms with Gasteiger partial charge in [0.15, 0.2) is 10.9 Å². The maximum atomic E-state index is 12.7. The van der Waals surface area contributed by atoms with Crippen molar-refractivity contribution in [2.45, 2.75) is 19.8 Å². The van der Waals surface area contributed by atoms with Crippen molar-refractivity contribution in [1.82, 2.24) is 4.98 Å². The Balaban J connectivity index is 1.46. The van der Waals surface area contributed by atoms with Crippen molar-refractivity contribution in [2.24, 2.45) is 5.92 Å². The van der Waals surface area contributed by atoms with E-state index in [1.54, 1.807) is 12.1 Å². The summed E-state index contributed by atoms with van der Waals surface area (Å²) in [5, 5.41) is 11.8. The maximum Gasteiger partial charge on any atom is 0.270 e. The number of nitrogens with zero attached hydrogens (tertiary/aromatic N) is 3. The number of hydrogen-bond acceptors (Lipinski definition) is 6. The molecule has 4 rings (SSSR count). The number of nitro benzene ring substituents is 1. The van der Waals surface area contributed by atoms with Crippen LogP contribution in [0.15, 0.2) is 42.5 Å². The first-order valence-corrected chi connectivity index (χ1v) is 9.74. The highest BCUT2D eigenvalue weighted by Crippen LogP contribution is 2.34. The summed E-state index contributed by atoms with van der Waals surface area (Å²) in [5.41, 5.74) is 2.79. The minimum absolute atomic E-state index is 0.0411. The summed E-state index contributed by atoms with van der Waals surface area (Å²) in [6, 6.07) is 12.5. The van der Waals surface area contributed by atoms with E-state index in [2.05, 4.69) is 9.88 Å². The van der Waals surface area contributed by atoms with Gasteiger partial charge < -0.3 is 4.90 Å². The molecule has 6 nitrogen and oxygen atoms in total. The van der Waals surface area contributed by atoms with Gasteiger partial charge in [-0.3, -0.25) is 14.9 Å². The zero-order chi connectivity index (χ0) is 19.0. The van der Waals surface area contributed by atoms with E-state index in [4.69, 9.17) is 0 Å². The van der Waals surface area contributed by atoms with Gasteiger partial charge in [-0.05, 0) is 25.8 Å². The smallest absolute Gasteiger partial charge is 0.270 e. The molecule has 2 heterocycles. The monoisotopic (exact) mass is 381 g/mol. The number of nitro groups is 1. The number of non-ortho nitro benzene ring substituents is 1. The molecule has 0 unspecified atom stereocenters. The summed E-state index contributed by atoms with van der Waals surface area (Å²) < 4.78 is 0.817. The number of ketones is 1. The van der Waals surface area contributed by atoms with E-state index in [0.717, 1.165) is 52.4 Å². The van der Waals surface area contributed by atoms with E-state index in [1.807, 2.05) is 31.2 Å². The van der Waals surface area contributed by atoms with Gasteiger partial charge in [-0.2, -0.15) is 0 Å². The molecule has 0 N–H and O–H groups in total. The van der Waals surface area contributed by atoms with E-state index >= 15 is 0 Å². The van der Waals surface area contributed by atoms with Crippen LogP contribution in [0.3, 0.4) is 0 Å². The summed E-state index contributed by atoms with van der Waals surface area (Å²) in [4.78, 5) is 30.0. The van der Waals surface area contributed by atoms with Crippen molar-refractivity contribution < 1.29 is 9.72 Å². The second-order valence-corrected chi connectivity index (χ2v) is 7.91. The molecule has 3 aromatic rings. The lowest BCUT2D eigenvalue weighted by Crippen LogP contribution is -2.36. The average molecular weight is 381 g/mol. The van der Waals surface area contributed by atoms with Crippen molar-refractivity contribution in [3.63, 3.8) is 0 Å². The standard InChI is InChI=1S/C20H19N3O3S/c1-13-2-4-14(5-3-13)19(24)15-8-10-22(11-9-15)20-21-17-7-6-16(23(25)26)12-18(17)27-20/h2-7,12,15H,8-11H2,1H3. The van der Waals surface area contributed by atoms with Crippen LogP contribution in [0.2, 0.25) is 0 Å². The Morgan fingerprint density at radius 1 is 1.19 bits per heavy atom. The topological polar surface area (TPSA) is 76.3 Å². The molecule has 1 fully saturated rings. The van der Waals surface area contributed by atoms with Gasteiger partial charge in [0.25, 0.3) is 5.69 Å². The normalized spacial score (nSPS) is 15.2. The van der Waals surface area contributed by atoms with Crippen LogP contribution >= 0.6 is 11.3 Å². The molecule has 0 aliphatic carbocycles. The molecule has 2 aromatic carbocycles. The number of anilines is 1. The van der Waals surface area contributed by atoms with Crippen LogP contribution in [0, 0.1) is 23.0 Å². The second kappa shape index (κ2) is 7.08. The number of fused-ring (bicyclic) bond motifs is 1. The minimum atomic E-state index is -0.388. The fourth-order valence-corrected chi connectivity index (χ4v) is 4.49. The van der Waals surface area contributed by atoms with E-state index < -0.39 is 0 Å². The van der Waals surface area contributed by atoms with Gasteiger partial charge in [0.2, 0.25) is 0 Å². The lowest BCUT2D eigenvalue weighted by molar-refractivity contribution is -0.384. The van der Waals surface area contributed by atoms with E-state index in [1.165, 1.54) is 17.4 Å². The molecule has 0 saturated carbocycles. The fourth-order valence-electron chi connectivity index (χ4n) is 3.44. The van der Waals surface area contributed by atoms with Crippen LogP contribution in [-0.4, -0.2) is 28.8 Å². The molecule has 7 heteroatoms. The number of thiazole rings is 1. The number of aromatic nitrogens is 1. The molecular weight excluding hydrogens is 362 g/mol. The van der Waals surface area contributed by atoms with Gasteiger partial charge in [0.1, 0.15) is 0 Å². The highest BCUT2D eigenvalue weighted by molar-refractivity contribution is 7.22. The number of piperidine rings is 1. The number of hydrogen-bond donors (Lipinski definition) is 0. The van der Waals surface area contributed by atoms with Crippen LogP contribution in [0.1, 0.15) is 28.8 Å². The van der Waals surface area contributed by atoms with Crippen molar-refractivity contribution in [2.75, 3.05) is 18.0 Å². The van der Waals surface area contributed by atoms with Crippen LogP contribution in [-0.2, 0) is 0 Å². The zero-order valence-electron chi connectivity index (χ0n) is 14.9. The Morgan fingerprint density at radius 2 is 1.89 bits per heavy atom. The molecule has 0 atom stereocenters. The van der Waals surface area contributed by atoms with Crippen LogP contribution in [0.5, 0.6) is 0 Å². The van der Waals surface area contributed by atoms with Gasteiger partial charge in [0, 0.05) is 36.7 Å². The largest absolute Gasteiger partial charge is 0.348 e. The SMILES string of the molecule is Cc1ccc(C(=O)C2CCN(c3nc4ccc([N+](=O)[O-])cc4s3)CC2)cc1.